The molecule has 0 aromatic carbocycles. The van der Waals surface area contributed by atoms with Crippen molar-refractivity contribution in [3.8, 4) is 0 Å². The zero-order valence-electron chi connectivity index (χ0n) is 8.36. The van der Waals surface area contributed by atoms with Crippen molar-refractivity contribution in [1.82, 2.24) is 5.32 Å². The summed E-state index contributed by atoms with van der Waals surface area (Å²) in [6, 6.07) is -0.0222. The van der Waals surface area contributed by atoms with Crippen LogP contribution in [0.1, 0.15) is 38.5 Å². The quantitative estimate of drug-likeness (QED) is 0.733. The number of alkyl halides is 2. The van der Waals surface area contributed by atoms with Gasteiger partial charge in [0.2, 0.25) is 5.92 Å². The Morgan fingerprint density at radius 1 is 1.29 bits per heavy atom. The molecule has 2 rings (SSSR count). The van der Waals surface area contributed by atoms with Crippen LogP contribution in [0.3, 0.4) is 0 Å². The molecule has 14 heavy (non-hydrogen) atoms. The molecule has 0 aliphatic heterocycles. The van der Waals surface area contributed by atoms with Gasteiger partial charge in [-0.05, 0) is 25.7 Å². The highest BCUT2D eigenvalue weighted by Crippen LogP contribution is 2.35. The van der Waals surface area contributed by atoms with Crippen LogP contribution in [-0.2, 0) is 0 Å². The van der Waals surface area contributed by atoms with Gasteiger partial charge in [-0.3, -0.25) is 0 Å². The monoisotopic (exact) mass is 204 g/mol. The Kier molecular flexibility index (Phi) is 2.52. The van der Waals surface area contributed by atoms with E-state index in [1.165, 1.54) is 6.42 Å². The summed E-state index contributed by atoms with van der Waals surface area (Å²) in [5.74, 6) is -2.45. The van der Waals surface area contributed by atoms with Crippen molar-refractivity contribution in [2.75, 3.05) is 6.54 Å². The van der Waals surface area contributed by atoms with E-state index in [9.17, 15) is 8.78 Å². The van der Waals surface area contributed by atoms with Crippen LogP contribution in [0, 0.1) is 0 Å². The largest absolute Gasteiger partial charge is 0.324 e. The summed E-state index contributed by atoms with van der Waals surface area (Å²) in [6.07, 6.45) is 3.85. The smallest absolute Gasteiger partial charge is 0.249 e. The van der Waals surface area contributed by atoms with Gasteiger partial charge in [-0.15, -0.1) is 0 Å². The molecule has 0 radical (unpaired) electrons. The molecule has 0 heterocycles. The highest BCUT2D eigenvalue weighted by Gasteiger charge is 2.40. The Hall–Kier alpha value is -0.220. The van der Waals surface area contributed by atoms with Crippen molar-refractivity contribution in [2.45, 2.75) is 56.0 Å². The van der Waals surface area contributed by atoms with E-state index in [4.69, 9.17) is 5.73 Å². The third-order valence-electron chi connectivity index (χ3n) is 3.50. The fourth-order valence-corrected chi connectivity index (χ4v) is 2.28. The van der Waals surface area contributed by atoms with Crippen LogP contribution in [0.15, 0.2) is 0 Å². The van der Waals surface area contributed by atoms with E-state index in [-0.39, 0.29) is 24.4 Å². The highest BCUT2D eigenvalue weighted by atomic mass is 19.3. The average Bonchev–Trinajstić information content (AvgIpc) is 2.39. The van der Waals surface area contributed by atoms with Gasteiger partial charge in [0.25, 0.3) is 0 Å². The lowest BCUT2D eigenvalue weighted by molar-refractivity contribution is 0.00659. The number of hydrogen-bond donors (Lipinski definition) is 2. The van der Waals surface area contributed by atoms with Gasteiger partial charge in [0.05, 0.1) is 0 Å². The van der Waals surface area contributed by atoms with E-state index in [0.717, 1.165) is 12.8 Å². The Bertz CT molecular complexity index is 214. The molecule has 0 amide bonds. The topological polar surface area (TPSA) is 38.0 Å². The molecular formula is C10H18F2N2. The molecule has 2 saturated carbocycles. The van der Waals surface area contributed by atoms with Gasteiger partial charge in [-0.2, -0.15) is 0 Å². The second-order valence-electron chi connectivity index (χ2n) is 4.89. The zero-order valence-corrected chi connectivity index (χ0v) is 8.36. The molecule has 1 unspecified atom stereocenters. The zero-order chi connectivity index (χ0) is 10.2. The normalized spacial score (nSPS) is 34.1. The predicted molar refractivity (Wildman–Crippen MR) is 51.4 cm³/mol. The third-order valence-corrected chi connectivity index (χ3v) is 3.50. The van der Waals surface area contributed by atoms with Crippen LogP contribution >= 0.6 is 0 Å². The minimum absolute atomic E-state index is 0.0108. The molecule has 0 saturated heterocycles. The lowest BCUT2D eigenvalue weighted by atomic mass is 9.77. The van der Waals surface area contributed by atoms with Crippen molar-refractivity contribution in [1.29, 1.82) is 0 Å². The Morgan fingerprint density at radius 2 is 2.00 bits per heavy atom. The fourth-order valence-electron chi connectivity index (χ4n) is 2.28. The van der Waals surface area contributed by atoms with Crippen molar-refractivity contribution in [3.63, 3.8) is 0 Å². The Labute approximate surface area is 83.2 Å². The van der Waals surface area contributed by atoms with Gasteiger partial charge < -0.3 is 11.1 Å². The molecule has 0 aromatic heterocycles. The second kappa shape index (κ2) is 3.42. The lowest BCUT2D eigenvalue weighted by Crippen LogP contribution is -2.55. The molecule has 0 spiro atoms. The number of rotatable bonds is 3. The van der Waals surface area contributed by atoms with Crippen molar-refractivity contribution < 1.29 is 8.78 Å². The van der Waals surface area contributed by atoms with E-state index in [2.05, 4.69) is 5.32 Å². The first-order chi connectivity index (χ1) is 6.49. The van der Waals surface area contributed by atoms with Crippen LogP contribution in [0.5, 0.6) is 0 Å². The van der Waals surface area contributed by atoms with Gasteiger partial charge >= 0.3 is 0 Å². The number of nitrogens with two attached hydrogens (primary N) is 1. The molecule has 2 aliphatic rings. The molecule has 4 heteroatoms. The summed E-state index contributed by atoms with van der Waals surface area (Å²) >= 11 is 0. The standard InChI is InChI=1S/C10H18F2N2/c11-10(12)5-2-8(6-10)14-7-9(13)3-1-4-9/h8,14H,1-7,13H2. The van der Waals surface area contributed by atoms with Crippen molar-refractivity contribution in [2.24, 2.45) is 5.73 Å². The molecule has 2 nitrogen and oxygen atoms in total. The molecule has 2 aliphatic carbocycles. The molecule has 3 N–H and O–H groups in total. The van der Waals surface area contributed by atoms with Crippen LogP contribution < -0.4 is 11.1 Å². The highest BCUT2D eigenvalue weighted by molar-refractivity contribution is 4.96. The van der Waals surface area contributed by atoms with Crippen LogP contribution in [0.2, 0.25) is 0 Å². The fraction of sp³-hybridized carbons (Fsp3) is 1.00. The Balaban J connectivity index is 1.72. The summed E-state index contributed by atoms with van der Waals surface area (Å²) in [7, 11) is 0. The van der Waals surface area contributed by atoms with Gasteiger partial charge in [0, 0.05) is 31.0 Å². The van der Waals surface area contributed by atoms with E-state index >= 15 is 0 Å². The van der Waals surface area contributed by atoms with Gasteiger partial charge in [-0.25, -0.2) is 8.78 Å². The minimum atomic E-state index is -2.45. The Morgan fingerprint density at radius 3 is 2.43 bits per heavy atom. The van der Waals surface area contributed by atoms with E-state index in [1.807, 2.05) is 0 Å². The summed E-state index contributed by atoms with van der Waals surface area (Å²) in [5.41, 5.74) is 5.90. The first-order valence-corrected chi connectivity index (χ1v) is 5.39. The molecule has 0 aromatic rings. The minimum Gasteiger partial charge on any atom is -0.324 e. The summed E-state index contributed by atoms with van der Waals surface area (Å²) < 4.78 is 25.7. The maximum Gasteiger partial charge on any atom is 0.249 e. The van der Waals surface area contributed by atoms with E-state index < -0.39 is 5.92 Å². The van der Waals surface area contributed by atoms with Crippen LogP contribution in [-0.4, -0.2) is 24.0 Å². The number of halogens is 2. The molecule has 0 bridgehead atoms. The molecular weight excluding hydrogens is 186 g/mol. The lowest BCUT2D eigenvalue weighted by Gasteiger charge is -2.39. The molecule has 82 valence electrons. The average molecular weight is 204 g/mol. The number of hydrogen-bond acceptors (Lipinski definition) is 2. The van der Waals surface area contributed by atoms with Gasteiger partial charge in [0.15, 0.2) is 0 Å². The number of nitrogens with one attached hydrogen (secondary N) is 1. The summed E-state index contributed by atoms with van der Waals surface area (Å²) in [4.78, 5) is 0. The third kappa shape index (κ3) is 2.23. The summed E-state index contributed by atoms with van der Waals surface area (Å²) in [6.45, 7) is 0.702. The van der Waals surface area contributed by atoms with Gasteiger partial charge in [0.1, 0.15) is 0 Å². The second-order valence-corrected chi connectivity index (χ2v) is 4.89. The first-order valence-electron chi connectivity index (χ1n) is 5.39. The maximum absolute atomic E-state index is 12.8. The maximum atomic E-state index is 12.8. The predicted octanol–water partition coefficient (Wildman–Crippen LogP) is 1.65. The van der Waals surface area contributed by atoms with Crippen molar-refractivity contribution in [3.05, 3.63) is 0 Å². The molecule has 1 atom stereocenters. The van der Waals surface area contributed by atoms with E-state index in [1.54, 1.807) is 0 Å². The van der Waals surface area contributed by atoms with Crippen LogP contribution in [0.4, 0.5) is 8.78 Å². The molecule has 2 fully saturated rings. The van der Waals surface area contributed by atoms with Gasteiger partial charge in [-0.1, -0.05) is 0 Å². The van der Waals surface area contributed by atoms with Crippen LogP contribution in [0.25, 0.3) is 0 Å². The summed E-state index contributed by atoms with van der Waals surface area (Å²) in [5, 5.41) is 3.17. The first kappa shape index (κ1) is 10.3. The van der Waals surface area contributed by atoms with Crippen molar-refractivity contribution >= 4 is 0 Å². The SMILES string of the molecule is NC1(CNC2CCC(F)(F)C2)CCC1. The van der Waals surface area contributed by atoms with E-state index in [0.29, 0.717) is 13.0 Å².